The molecule has 1 aromatic rings. The molecule has 1 unspecified atom stereocenters. The summed E-state index contributed by atoms with van der Waals surface area (Å²) in [6.07, 6.45) is 1.50. The summed E-state index contributed by atoms with van der Waals surface area (Å²) in [5.41, 5.74) is 6.94. The highest BCUT2D eigenvalue weighted by Gasteiger charge is 2.12. The van der Waals surface area contributed by atoms with Crippen LogP contribution in [0.5, 0.6) is 11.5 Å². The molecule has 0 amide bonds. The number of nitrogens with two attached hydrogens (primary N) is 1. The molecule has 1 rings (SSSR count). The molecule has 0 radical (unpaired) electrons. The molecule has 2 N–H and O–H groups in total. The third kappa shape index (κ3) is 5.14. The number of ether oxygens (including phenoxy) is 2. The highest BCUT2D eigenvalue weighted by Crippen LogP contribution is 2.37. The first-order valence-corrected chi connectivity index (χ1v) is 7.02. The van der Waals surface area contributed by atoms with E-state index in [0.29, 0.717) is 18.8 Å². The summed E-state index contributed by atoms with van der Waals surface area (Å²) in [6.45, 7) is 4.34. The summed E-state index contributed by atoms with van der Waals surface area (Å²) in [5.74, 6) is 7.24. The van der Waals surface area contributed by atoms with Gasteiger partial charge in [0.2, 0.25) is 0 Å². The Kier molecular flexibility index (Phi) is 6.75. The SMILES string of the molecule is CC#CCCOc1c(Br)cc(CC(C)N)cc1OC. The van der Waals surface area contributed by atoms with Crippen LogP contribution in [0.4, 0.5) is 0 Å². The van der Waals surface area contributed by atoms with Gasteiger partial charge in [-0.25, -0.2) is 0 Å². The molecule has 0 aromatic heterocycles. The number of methoxy groups -OCH3 is 1. The third-order valence-corrected chi connectivity index (χ3v) is 3.09. The number of hydrogen-bond acceptors (Lipinski definition) is 3. The lowest BCUT2D eigenvalue weighted by atomic mass is 10.1. The van der Waals surface area contributed by atoms with E-state index >= 15 is 0 Å². The highest BCUT2D eigenvalue weighted by atomic mass is 79.9. The van der Waals surface area contributed by atoms with Crippen LogP contribution in [0.25, 0.3) is 0 Å². The van der Waals surface area contributed by atoms with Gasteiger partial charge in [0.1, 0.15) is 0 Å². The van der Waals surface area contributed by atoms with E-state index in [4.69, 9.17) is 15.2 Å². The fourth-order valence-corrected chi connectivity index (χ4v) is 2.34. The van der Waals surface area contributed by atoms with E-state index in [-0.39, 0.29) is 6.04 Å². The Hall–Kier alpha value is -1.18. The standard InChI is InChI=1S/C15H20BrNO2/c1-4-5-6-7-19-15-13(16)9-12(8-11(2)17)10-14(15)18-3/h9-11H,6-8,17H2,1-3H3. The molecule has 19 heavy (non-hydrogen) atoms. The van der Waals surface area contributed by atoms with Crippen LogP contribution in [0.2, 0.25) is 0 Å². The molecule has 0 aliphatic heterocycles. The van der Waals surface area contributed by atoms with Gasteiger partial charge < -0.3 is 15.2 Å². The van der Waals surface area contributed by atoms with Crippen LogP contribution in [-0.4, -0.2) is 19.8 Å². The van der Waals surface area contributed by atoms with Gasteiger partial charge in [-0.1, -0.05) is 0 Å². The zero-order valence-electron chi connectivity index (χ0n) is 11.6. The maximum absolute atomic E-state index is 5.82. The second-order valence-corrected chi connectivity index (χ2v) is 5.17. The van der Waals surface area contributed by atoms with Crippen LogP contribution < -0.4 is 15.2 Å². The maximum Gasteiger partial charge on any atom is 0.175 e. The van der Waals surface area contributed by atoms with E-state index in [0.717, 1.165) is 22.2 Å². The van der Waals surface area contributed by atoms with Crippen molar-refractivity contribution in [1.29, 1.82) is 0 Å². The molecule has 1 aromatic carbocycles. The number of hydrogen-bond donors (Lipinski definition) is 1. The zero-order chi connectivity index (χ0) is 14.3. The van der Waals surface area contributed by atoms with Gasteiger partial charge in [-0.3, -0.25) is 0 Å². The Labute approximate surface area is 123 Å². The second kappa shape index (κ2) is 8.08. The predicted molar refractivity (Wildman–Crippen MR) is 81.6 cm³/mol. The van der Waals surface area contributed by atoms with Crippen LogP contribution in [0.15, 0.2) is 16.6 Å². The lowest BCUT2D eigenvalue weighted by Crippen LogP contribution is -2.17. The molecule has 0 bridgehead atoms. The Morgan fingerprint density at radius 1 is 1.42 bits per heavy atom. The molecule has 104 valence electrons. The van der Waals surface area contributed by atoms with Gasteiger partial charge in [-0.15, -0.1) is 11.8 Å². The van der Waals surface area contributed by atoms with Crippen molar-refractivity contribution in [2.45, 2.75) is 32.7 Å². The first-order valence-electron chi connectivity index (χ1n) is 6.22. The van der Waals surface area contributed by atoms with Crippen molar-refractivity contribution in [3.63, 3.8) is 0 Å². The van der Waals surface area contributed by atoms with Crippen molar-refractivity contribution in [3.05, 3.63) is 22.2 Å². The smallest absolute Gasteiger partial charge is 0.175 e. The molecule has 0 spiro atoms. The van der Waals surface area contributed by atoms with Gasteiger partial charge in [0, 0.05) is 12.5 Å². The van der Waals surface area contributed by atoms with Gasteiger partial charge in [0.25, 0.3) is 0 Å². The van der Waals surface area contributed by atoms with E-state index in [1.54, 1.807) is 7.11 Å². The number of halogens is 1. The van der Waals surface area contributed by atoms with Crippen molar-refractivity contribution < 1.29 is 9.47 Å². The maximum atomic E-state index is 5.82. The van der Waals surface area contributed by atoms with E-state index in [2.05, 4.69) is 27.8 Å². The lowest BCUT2D eigenvalue weighted by Gasteiger charge is -2.14. The summed E-state index contributed by atoms with van der Waals surface area (Å²) in [4.78, 5) is 0. The summed E-state index contributed by atoms with van der Waals surface area (Å²) in [5, 5.41) is 0. The molecule has 0 heterocycles. The highest BCUT2D eigenvalue weighted by molar-refractivity contribution is 9.10. The average Bonchev–Trinajstić information content (AvgIpc) is 2.35. The molecule has 0 aliphatic carbocycles. The normalized spacial score (nSPS) is 11.4. The molecule has 1 atom stereocenters. The molecular formula is C15H20BrNO2. The number of rotatable bonds is 6. The summed E-state index contributed by atoms with van der Waals surface area (Å²) >= 11 is 3.52. The van der Waals surface area contributed by atoms with Gasteiger partial charge in [-0.05, 0) is 53.9 Å². The van der Waals surface area contributed by atoms with Gasteiger partial charge in [0.15, 0.2) is 11.5 Å². The predicted octanol–water partition coefficient (Wildman–Crippen LogP) is 3.14. The first-order chi connectivity index (χ1) is 9.08. The molecule has 4 heteroatoms. The van der Waals surface area contributed by atoms with E-state index in [1.807, 2.05) is 26.0 Å². The minimum absolute atomic E-state index is 0.114. The number of benzene rings is 1. The zero-order valence-corrected chi connectivity index (χ0v) is 13.2. The first kappa shape index (κ1) is 15.9. The fourth-order valence-electron chi connectivity index (χ4n) is 1.73. The summed E-state index contributed by atoms with van der Waals surface area (Å²) < 4.78 is 12.0. The average molecular weight is 326 g/mol. The van der Waals surface area contributed by atoms with Crippen LogP contribution >= 0.6 is 15.9 Å². The van der Waals surface area contributed by atoms with Crippen LogP contribution in [0, 0.1) is 11.8 Å². The fraction of sp³-hybridized carbons (Fsp3) is 0.467. The van der Waals surface area contributed by atoms with Crippen molar-refractivity contribution in [3.8, 4) is 23.3 Å². The minimum Gasteiger partial charge on any atom is -0.493 e. The minimum atomic E-state index is 0.114. The van der Waals surface area contributed by atoms with E-state index < -0.39 is 0 Å². The Morgan fingerprint density at radius 2 is 2.16 bits per heavy atom. The van der Waals surface area contributed by atoms with Crippen molar-refractivity contribution >= 4 is 15.9 Å². The molecule has 0 aliphatic rings. The molecule has 3 nitrogen and oxygen atoms in total. The summed E-state index contributed by atoms with van der Waals surface area (Å²) in [6, 6.07) is 4.10. The third-order valence-electron chi connectivity index (χ3n) is 2.50. The Morgan fingerprint density at radius 3 is 2.74 bits per heavy atom. The quantitative estimate of drug-likeness (QED) is 0.645. The largest absolute Gasteiger partial charge is 0.493 e. The van der Waals surface area contributed by atoms with Crippen LogP contribution in [0.3, 0.4) is 0 Å². The molecular weight excluding hydrogens is 306 g/mol. The topological polar surface area (TPSA) is 44.5 Å². The Balaban J connectivity index is 2.87. The monoisotopic (exact) mass is 325 g/mol. The van der Waals surface area contributed by atoms with Crippen molar-refractivity contribution in [2.75, 3.05) is 13.7 Å². The lowest BCUT2D eigenvalue weighted by molar-refractivity contribution is 0.299. The molecule has 0 fully saturated rings. The molecule has 0 saturated heterocycles. The van der Waals surface area contributed by atoms with Crippen molar-refractivity contribution in [1.82, 2.24) is 0 Å². The molecule has 0 saturated carbocycles. The van der Waals surface area contributed by atoms with Gasteiger partial charge in [0.05, 0.1) is 18.2 Å². The second-order valence-electron chi connectivity index (χ2n) is 4.32. The van der Waals surface area contributed by atoms with Crippen LogP contribution in [0.1, 0.15) is 25.8 Å². The Bertz CT molecular complexity index is 475. The van der Waals surface area contributed by atoms with Gasteiger partial charge in [-0.2, -0.15) is 0 Å². The summed E-state index contributed by atoms with van der Waals surface area (Å²) in [7, 11) is 1.64. The van der Waals surface area contributed by atoms with E-state index in [1.165, 1.54) is 0 Å². The van der Waals surface area contributed by atoms with Gasteiger partial charge >= 0.3 is 0 Å². The van der Waals surface area contributed by atoms with Crippen molar-refractivity contribution in [2.24, 2.45) is 5.73 Å². The van der Waals surface area contributed by atoms with E-state index in [9.17, 15) is 0 Å². The van der Waals surface area contributed by atoms with Crippen LogP contribution in [-0.2, 0) is 6.42 Å².